The molecule has 1 unspecified atom stereocenters. The van der Waals surface area contributed by atoms with Crippen LogP contribution in [-0.2, 0) is 0 Å². The summed E-state index contributed by atoms with van der Waals surface area (Å²) in [5, 5.41) is 3.37. The number of nitrogens with one attached hydrogen (secondary N) is 1. The molecule has 2 rings (SSSR count). The average Bonchev–Trinajstić information content (AvgIpc) is 2.65. The van der Waals surface area contributed by atoms with E-state index in [-0.39, 0.29) is 0 Å². The van der Waals surface area contributed by atoms with Crippen molar-refractivity contribution in [2.75, 3.05) is 23.3 Å². The van der Waals surface area contributed by atoms with Crippen molar-refractivity contribution in [3.05, 3.63) is 18.3 Å². The van der Waals surface area contributed by atoms with Gasteiger partial charge in [-0.1, -0.05) is 0 Å². The van der Waals surface area contributed by atoms with Crippen LogP contribution in [0.2, 0.25) is 0 Å². The van der Waals surface area contributed by atoms with Gasteiger partial charge < -0.3 is 11.1 Å². The molecule has 1 atom stereocenters. The molecule has 82 valence electrons. The molecular weight excluding hydrogens is 206 g/mol. The van der Waals surface area contributed by atoms with Gasteiger partial charge in [0.2, 0.25) is 0 Å². The third kappa shape index (κ3) is 2.78. The van der Waals surface area contributed by atoms with Crippen LogP contribution in [0.25, 0.3) is 0 Å². The summed E-state index contributed by atoms with van der Waals surface area (Å²) < 4.78 is 0.378. The maximum absolute atomic E-state index is 5.58. The fraction of sp³-hybridized carbons (Fsp3) is 0.545. The summed E-state index contributed by atoms with van der Waals surface area (Å²) in [5.41, 5.74) is 6.29. The molecule has 0 bridgehead atoms. The van der Waals surface area contributed by atoms with Crippen molar-refractivity contribution in [3.8, 4) is 0 Å². The van der Waals surface area contributed by atoms with Crippen LogP contribution < -0.4 is 11.1 Å². The fourth-order valence-corrected chi connectivity index (χ4v) is 3.01. The van der Waals surface area contributed by atoms with Crippen molar-refractivity contribution in [2.24, 2.45) is 0 Å². The second-order valence-corrected chi connectivity index (χ2v) is 5.91. The van der Waals surface area contributed by atoms with Crippen molar-refractivity contribution in [1.82, 2.24) is 4.98 Å². The number of nitrogens with zero attached hydrogens (tertiary/aromatic N) is 1. The standard InChI is InChI=1S/C11H17N3S/c1-11(5-2-6-15-11)8-14-10-4-3-9(12)7-13-10/h3-4,7H,2,5-6,8,12H2,1H3,(H,13,14). The van der Waals surface area contributed by atoms with Crippen LogP contribution in [0, 0.1) is 0 Å². The smallest absolute Gasteiger partial charge is 0.126 e. The first kappa shape index (κ1) is 10.6. The second kappa shape index (κ2) is 4.31. The Bertz CT molecular complexity index is 317. The summed E-state index contributed by atoms with van der Waals surface area (Å²) in [6.45, 7) is 3.30. The molecule has 1 aromatic rings. The van der Waals surface area contributed by atoms with Gasteiger partial charge >= 0.3 is 0 Å². The van der Waals surface area contributed by atoms with Crippen LogP contribution in [0.1, 0.15) is 19.8 Å². The van der Waals surface area contributed by atoms with Gasteiger partial charge in [0.1, 0.15) is 5.82 Å². The van der Waals surface area contributed by atoms with Gasteiger partial charge in [-0.05, 0) is 37.7 Å². The molecule has 2 heterocycles. The van der Waals surface area contributed by atoms with Gasteiger partial charge in [0.05, 0.1) is 11.9 Å². The van der Waals surface area contributed by atoms with Crippen molar-refractivity contribution in [2.45, 2.75) is 24.5 Å². The molecule has 0 spiro atoms. The molecule has 3 N–H and O–H groups in total. The van der Waals surface area contributed by atoms with Crippen LogP contribution in [0.15, 0.2) is 18.3 Å². The molecule has 0 radical (unpaired) electrons. The Morgan fingerprint density at radius 2 is 2.47 bits per heavy atom. The SMILES string of the molecule is CC1(CNc2ccc(N)cn2)CCCS1. The summed E-state index contributed by atoms with van der Waals surface area (Å²) >= 11 is 2.05. The van der Waals surface area contributed by atoms with Gasteiger partial charge in [-0.25, -0.2) is 4.98 Å². The van der Waals surface area contributed by atoms with E-state index in [1.165, 1.54) is 18.6 Å². The third-order valence-electron chi connectivity index (χ3n) is 2.73. The van der Waals surface area contributed by atoms with E-state index < -0.39 is 0 Å². The van der Waals surface area contributed by atoms with Gasteiger partial charge in [0.15, 0.2) is 0 Å². The minimum Gasteiger partial charge on any atom is -0.397 e. The normalized spacial score (nSPS) is 25.4. The molecule has 1 aliphatic heterocycles. The number of nitrogens with two attached hydrogens (primary N) is 1. The lowest BCUT2D eigenvalue weighted by molar-refractivity contribution is 0.634. The monoisotopic (exact) mass is 223 g/mol. The Morgan fingerprint density at radius 3 is 3.07 bits per heavy atom. The number of hydrogen-bond acceptors (Lipinski definition) is 4. The lowest BCUT2D eigenvalue weighted by Crippen LogP contribution is -2.27. The van der Waals surface area contributed by atoms with Crippen LogP contribution in [-0.4, -0.2) is 22.0 Å². The molecule has 1 aromatic heterocycles. The van der Waals surface area contributed by atoms with E-state index in [2.05, 4.69) is 29.0 Å². The molecule has 3 nitrogen and oxygen atoms in total. The highest BCUT2D eigenvalue weighted by molar-refractivity contribution is 8.00. The zero-order valence-electron chi connectivity index (χ0n) is 8.99. The van der Waals surface area contributed by atoms with Crippen LogP contribution >= 0.6 is 11.8 Å². The molecule has 1 saturated heterocycles. The molecule has 15 heavy (non-hydrogen) atoms. The molecule has 0 amide bonds. The zero-order valence-corrected chi connectivity index (χ0v) is 9.81. The predicted octanol–water partition coefficient (Wildman–Crippen LogP) is 2.36. The Balaban J connectivity index is 1.90. The molecular formula is C11H17N3S. The van der Waals surface area contributed by atoms with E-state index in [1.807, 2.05) is 12.1 Å². The Labute approximate surface area is 94.8 Å². The highest BCUT2D eigenvalue weighted by Crippen LogP contribution is 2.37. The lowest BCUT2D eigenvalue weighted by atomic mass is 10.1. The maximum atomic E-state index is 5.58. The summed E-state index contributed by atoms with van der Waals surface area (Å²) in [4.78, 5) is 4.22. The van der Waals surface area contributed by atoms with Crippen molar-refractivity contribution in [3.63, 3.8) is 0 Å². The third-order valence-corrected chi connectivity index (χ3v) is 4.27. The van der Waals surface area contributed by atoms with Gasteiger partial charge in [0.25, 0.3) is 0 Å². The number of thioether (sulfide) groups is 1. The Hall–Kier alpha value is -0.900. The van der Waals surface area contributed by atoms with Crippen LogP contribution in [0.5, 0.6) is 0 Å². The molecule has 0 saturated carbocycles. The minimum absolute atomic E-state index is 0.378. The molecule has 4 heteroatoms. The van der Waals surface area contributed by atoms with Crippen molar-refractivity contribution >= 4 is 23.3 Å². The van der Waals surface area contributed by atoms with Crippen molar-refractivity contribution in [1.29, 1.82) is 0 Å². The number of pyridine rings is 1. The molecule has 1 fully saturated rings. The van der Waals surface area contributed by atoms with Gasteiger partial charge in [-0.3, -0.25) is 0 Å². The fourth-order valence-electron chi connectivity index (χ4n) is 1.76. The topological polar surface area (TPSA) is 50.9 Å². The quantitative estimate of drug-likeness (QED) is 0.826. The van der Waals surface area contributed by atoms with Crippen LogP contribution in [0.3, 0.4) is 0 Å². The van der Waals surface area contributed by atoms with Gasteiger partial charge in [-0.2, -0.15) is 11.8 Å². The van der Waals surface area contributed by atoms with E-state index in [4.69, 9.17) is 5.73 Å². The van der Waals surface area contributed by atoms with E-state index in [1.54, 1.807) is 6.20 Å². The summed E-state index contributed by atoms with van der Waals surface area (Å²) in [6.07, 6.45) is 4.31. The number of nitrogen functional groups attached to an aromatic ring is 1. The first-order valence-electron chi connectivity index (χ1n) is 5.27. The van der Waals surface area contributed by atoms with E-state index >= 15 is 0 Å². The number of aromatic nitrogens is 1. The molecule has 0 aromatic carbocycles. The Kier molecular flexibility index (Phi) is 3.05. The van der Waals surface area contributed by atoms with E-state index in [0.717, 1.165) is 12.4 Å². The van der Waals surface area contributed by atoms with E-state index in [9.17, 15) is 0 Å². The first-order valence-corrected chi connectivity index (χ1v) is 6.26. The number of anilines is 2. The highest BCUT2D eigenvalue weighted by atomic mass is 32.2. The second-order valence-electron chi connectivity index (χ2n) is 4.23. The largest absolute Gasteiger partial charge is 0.397 e. The number of hydrogen-bond donors (Lipinski definition) is 2. The van der Waals surface area contributed by atoms with Gasteiger partial charge in [0, 0.05) is 11.3 Å². The summed E-state index contributed by atoms with van der Waals surface area (Å²) in [6, 6.07) is 3.80. The maximum Gasteiger partial charge on any atom is 0.126 e. The predicted molar refractivity (Wildman–Crippen MR) is 67.2 cm³/mol. The summed E-state index contributed by atoms with van der Waals surface area (Å²) in [7, 11) is 0. The summed E-state index contributed by atoms with van der Waals surface area (Å²) in [5.74, 6) is 2.20. The average molecular weight is 223 g/mol. The Morgan fingerprint density at radius 1 is 1.60 bits per heavy atom. The van der Waals surface area contributed by atoms with Crippen molar-refractivity contribution < 1.29 is 0 Å². The van der Waals surface area contributed by atoms with Gasteiger partial charge in [-0.15, -0.1) is 0 Å². The minimum atomic E-state index is 0.378. The molecule has 0 aliphatic carbocycles. The first-order chi connectivity index (χ1) is 7.18. The number of rotatable bonds is 3. The van der Waals surface area contributed by atoms with Crippen LogP contribution in [0.4, 0.5) is 11.5 Å². The molecule has 1 aliphatic rings. The van der Waals surface area contributed by atoms with E-state index in [0.29, 0.717) is 10.4 Å². The highest BCUT2D eigenvalue weighted by Gasteiger charge is 2.28. The lowest BCUT2D eigenvalue weighted by Gasteiger charge is -2.23. The zero-order chi connectivity index (χ0) is 10.7.